The molecule has 0 atom stereocenters. The van der Waals surface area contributed by atoms with Crippen LogP contribution in [0.4, 0.5) is 0 Å². The fraction of sp³-hybridized carbons (Fsp3) is 0.579. The molecule has 25 heavy (non-hydrogen) atoms. The molecule has 5 nitrogen and oxygen atoms in total. The number of hydrogen-bond donors (Lipinski definition) is 1. The van der Waals surface area contributed by atoms with Crippen molar-refractivity contribution in [3.8, 4) is 0 Å². The summed E-state index contributed by atoms with van der Waals surface area (Å²) in [6.45, 7) is 11.4. The molecule has 0 unspecified atom stereocenters. The van der Waals surface area contributed by atoms with Crippen LogP contribution in [0, 0.1) is 0 Å². The van der Waals surface area contributed by atoms with Gasteiger partial charge in [-0.1, -0.05) is 12.1 Å². The maximum atomic E-state index is 12.1. The molecule has 1 saturated heterocycles. The van der Waals surface area contributed by atoms with E-state index in [1.54, 1.807) is 11.3 Å². The summed E-state index contributed by atoms with van der Waals surface area (Å²) in [7, 11) is 0. The number of thiazole rings is 1. The Hall–Kier alpha value is -1.50. The van der Waals surface area contributed by atoms with Crippen molar-refractivity contribution < 1.29 is 4.79 Å². The third-order valence-electron chi connectivity index (χ3n) is 4.26. The molecule has 136 valence electrons. The zero-order valence-corrected chi connectivity index (χ0v) is 16.2. The van der Waals surface area contributed by atoms with Gasteiger partial charge in [-0.05, 0) is 52.4 Å². The second-order valence-corrected chi connectivity index (χ2v) is 8.89. The van der Waals surface area contributed by atoms with Crippen molar-refractivity contribution in [1.29, 1.82) is 0 Å². The van der Waals surface area contributed by atoms with Crippen molar-refractivity contribution in [3.05, 3.63) is 29.3 Å². The zero-order chi connectivity index (χ0) is 17.9. The van der Waals surface area contributed by atoms with Crippen molar-refractivity contribution in [3.63, 3.8) is 0 Å². The number of nitrogens with zero attached hydrogens (tertiary/aromatic N) is 3. The monoisotopic (exact) mass is 360 g/mol. The average Bonchev–Trinajstić information content (AvgIpc) is 2.79. The zero-order valence-electron chi connectivity index (χ0n) is 15.4. The predicted octanol–water partition coefficient (Wildman–Crippen LogP) is 2.72. The molecule has 1 amide bonds. The van der Waals surface area contributed by atoms with Gasteiger partial charge in [0.2, 0.25) is 5.91 Å². The Balaban J connectivity index is 1.52. The van der Waals surface area contributed by atoms with Crippen LogP contribution in [0.2, 0.25) is 0 Å². The Kier molecular flexibility index (Phi) is 5.71. The van der Waals surface area contributed by atoms with Crippen molar-refractivity contribution in [2.24, 2.45) is 0 Å². The minimum absolute atomic E-state index is 0.118. The van der Waals surface area contributed by atoms with Gasteiger partial charge in [0, 0.05) is 18.6 Å². The van der Waals surface area contributed by atoms with Gasteiger partial charge in [0.1, 0.15) is 5.01 Å². The van der Waals surface area contributed by atoms with Crippen LogP contribution in [-0.4, -0.2) is 59.0 Å². The van der Waals surface area contributed by atoms with Crippen LogP contribution in [0.15, 0.2) is 24.3 Å². The van der Waals surface area contributed by atoms with Gasteiger partial charge in [0.05, 0.1) is 23.3 Å². The maximum absolute atomic E-state index is 12.1. The van der Waals surface area contributed by atoms with E-state index in [9.17, 15) is 4.79 Å². The quantitative estimate of drug-likeness (QED) is 0.911. The molecular formula is C19H28N4OS. The molecule has 0 saturated carbocycles. The Morgan fingerprint density at radius 1 is 1.16 bits per heavy atom. The van der Waals surface area contributed by atoms with E-state index >= 15 is 0 Å². The van der Waals surface area contributed by atoms with E-state index in [-0.39, 0.29) is 11.4 Å². The highest BCUT2D eigenvalue weighted by Gasteiger charge is 2.20. The van der Waals surface area contributed by atoms with Crippen LogP contribution in [0.1, 0.15) is 32.2 Å². The summed E-state index contributed by atoms with van der Waals surface area (Å²) in [4.78, 5) is 21.6. The lowest BCUT2D eigenvalue weighted by Crippen LogP contribution is -2.46. The van der Waals surface area contributed by atoms with E-state index in [2.05, 4.69) is 33.3 Å². The molecular weight excluding hydrogens is 332 g/mol. The first-order valence-electron chi connectivity index (χ1n) is 8.99. The summed E-state index contributed by atoms with van der Waals surface area (Å²) in [6, 6.07) is 8.32. The number of nitrogens with one attached hydrogen (secondary N) is 1. The minimum Gasteiger partial charge on any atom is -0.350 e. The topological polar surface area (TPSA) is 48.5 Å². The number of amides is 1. The Morgan fingerprint density at radius 2 is 1.88 bits per heavy atom. The highest BCUT2D eigenvalue weighted by atomic mass is 32.1. The van der Waals surface area contributed by atoms with Gasteiger partial charge < -0.3 is 5.32 Å². The Morgan fingerprint density at radius 3 is 2.64 bits per heavy atom. The van der Waals surface area contributed by atoms with Crippen molar-refractivity contribution in [1.82, 2.24) is 20.1 Å². The lowest BCUT2D eigenvalue weighted by Gasteiger charge is -2.24. The standard InChI is InChI=1S/C19H28N4OS/c1-19(2,3)21-17(24)13-22-9-6-10-23(12-11-22)14-18-20-15-7-4-5-8-16(15)25-18/h4-5,7-8H,6,9-14H2,1-3H3,(H,21,24). The summed E-state index contributed by atoms with van der Waals surface area (Å²) >= 11 is 1.79. The average molecular weight is 361 g/mol. The normalized spacial score (nSPS) is 17.6. The van der Waals surface area contributed by atoms with Crippen LogP contribution >= 0.6 is 11.3 Å². The molecule has 0 radical (unpaired) electrons. The molecule has 2 heterocycles. The van der Waals surface area contributed by atoms with E-state index in [0.29, 0.717) is 6.54 Å². The number of para-hydroxylation sites is 1. The summed E-state index contributed by atoms with van der Waals surface area (Å²) in [5, 5.41) is 4.23. The number of benzene rings is 1. The third-order valence-corrected chi connectivity index (χ3v) is 5.28. The maximum Gasteiger partial charge on any atom is 0.234 e. The lowest BCUT2D eigenvalue weighted by molar-refractivity contribution is -0.123. The van der Waals surface area contributed by atoms with Gasteiger partial charge in [0.25, 0.3) is 0 Å². The van der Waals surface area contributed by atoms with E-state index in [4.69, 9.17) is 4.98 Å². The van der Waals surface area contributed by atoms with Gasteiger partial charge in [-0.3, -0.25) is 14.6 Å². The van der Waals surface area contributed by atoms with E-state index in [1.165, 1.54) is 9.71 Å². The Labute approximate surface area is 154 Å². The van der Waals surface area contributed by atoms with Crippen LogP contribution in [-0.2, 0) is 11.3 Å². The number of carbonyl (C=O) groups is 1. The Bertz CT molecular complexity index is 689. The highest BCUT2D eigenvalue weighted by molar-refractivity contribution is 7.18. The molecule has 1 N–H and O–H groups in total. The summed E-state index contributed by atoms with van der Waals surface area (Å²) in [6.07, 6.45) is 1.09. The number of carbonyl (C=O) groups excluding carboxylic acids is 1. The van der Waals surface area contributed by atoms with Crippen molar-refractivity contribution >= 4 is 27.5 Å². The van der Waals surface area contributed by atoms with Crippen LogP contribution < -0.4 is 5.32 Å². The van der Waals surface area contributed by atoms with Crippen LogP contribution in [0.3, 0.4) is 0 Å². The molecule has 0 spiro atoms. The number of rotatable bonds is 4. The molecule has 0 aliphatic carbocycles. The van der Waals surface area contributed by atoms with Crippen LogP contribution in [0.5, 0.6) is 0 Å². The second-order valence-electron chi connectivity index (χ2n) is 7.78. The van der Waals surface area contributed by atoms with Gasteiger partial charge in [-0.2, -0.15) is 0 Å². The molecule has 1 aliphatic rings. The molecule has 0 bridgehead atoms. The molecule has 1 aliphatic heterocycles. The summed E-state index contributed by atoms with van der Waals surface area (Å²) in [5.74, 6) is 0.118. The predicted molar refractivity (Wildman–Crippen MR) is 104 cm³/mol. The van der Waals surface area contributed by atoms with E-state index in [1.807, 2.05) is 26.8 Å². The van der Waals surface area contributed by atoms with Crippen LogP contribution in [0.25, 0.3) is 10.2 Å². The molecule has 2 aromatic rings. The number of fused-ring (bicyclic) bond motifs is 1. The third kappa shape index (κ3) is 5.49. The first-order chi connectivity index (χ1) is 11.9. The molecule has 1 aromatic heterocycles. The van der Waals surface area contributed by atoms with Gasteiger partial charge in [-0.15, -0.1) is 11.3 Å². The van der Waals surface area contributed by atoms with E-state index in [0.717, 1.165) is 44.7 Å². The largest absolute Gasteiger partial charge is 0.350 e. The lowest BCUT2D eigenvalue weighted by atomic mass is 10.1. The molecule has 6 heteroatoms. The molecule has 1 aromatic carbocycles. The molecule has 1 fully saturated rings. The van der Waals surface area contributed by atoms with Gasteiger partial charge in [0.15, 0.2) is 0 Å². The smallest absolute Gasteiger partial charge is 0.234 e. The minimum atomic E-state index is -0.165. The number of aromatic nitrogens is 1. The number of hydrogen-bond acceptors (Lipinski definition) is 5. The highest BCUT2D eigenvalue weighted by Crippen LogP contribution is 2.23. The van der Waals surface area contributed by atoms with Crippen molar-refractivity contribution in [2.45, 2.75) is 39.3 Å². The van der Waals surface area contributed by atoms with E-state index < -0.39 is 0 Å². The first-order valence-corrected chi connectivity index (χ1v) is 9.81. The SMILES string of the molecule is CC(C)(C)NC(=O)CN1CCCN(Cc2nc3ccccc3s2)CC1. The fourth-order valence-corrected chi connectivity index (χ4v) is 4.19. The summed E-state index contributed by atoms with van der Waals surface area (Å²) < 4.78 is 1.26. The summed E-state index contributed by atoms with van der Waals surface area (Å²) in [5.41, 5.74) is 0.930. The first kappa shape index (κ1) is 18.3. The van der Waals surface area contributed by atoms with Gasteiger partial charge in [-0.25, -0.2) is 4.98 Å². The fourth-order valence-electron chi connectivity index (χ4n) is 3.18. The second kappa shape index (κ2) is 7.81. The van der Waals surface area contributed by atoms with Crippen molar-refractivity contribution in [2.75, 3.05) is 32.7 Å². The van der Waals surface area contributed by atoms with Gasteiger partial charge >= 0.3 is 0 Å². The molecule has 3 rings (SSSR count).